The van der Waals surface area contributed by atoms with Gasteiger partial charge in [0.25, 0.3) is 0 Å². The number of benzene rings is 1. The second-order valence-electron chi connectivity index (χ2n) is 5.97. The van der Waals surface area contributed by atoms with Crippen molar-refractivity contribution in [2.75, 3.05) is 6.54 Å². The monoisotopic (exact) mass is 285 g/mol. The Morgan fingerprint density at radius 2 is 2.24 bits per heavy atom. The van der Waals surface area contributed by atoms with Crippen molar-refractivity contribution in [3.05, 3.63) is 47.1 Å². The van der Waals surface area contributed by atoms with Crippen LogP contribution in [0, 0.1) is 0 Å². The highest BCUT2D eigenvalue weighted by molar-refractivity contribution is 5.36. The molecular weight excluding hydrogens is 262 g/mol. The summed E-state index contributed by atoms with van der Waals surface area (Å²) in [4.78, 5) is 4.67. The molecule has 0 bridgehead atoms. The van der Waals surface area contributed by atoms with E-state index in [0.717, 1.165) is 37.4 Å². The van der Waals surface area contributed by atoms with Crippen LogP contribution in [0.5, 0.6) is 0 Å². The SMILES string of the molecule is CC(CCCN)c1nc(C2CCCc3ccccc32)no1. The van der Waals surface area contributed by atoms with Crippen molar-refractivity contribution >= 4 is 0 Å². The number of nitrogens with zero attached hydrogens (tertiary/aromatic N) is 2. The smallest absolute Gasteiger partial charge is 0.229 e. The van der Waals surface area contributed by atoms with Crippen LogP contribution in [0.3, 0.4) is 0 Å². The fraction of sp³-hybridized carbons (Fsp3) is 0.529. The van der Waals surface area contributed by atoms with Crippen LogP contribution < -0.4 is 5.73 Å². The third-order valence-corrected chi connectivity index (χ3v) is 4.40. The van der Waals surface area contributed by atoms with Crippen molar-refractivity contribution in [1.82, 2.24) is 10.1 Å². The quantitative estimate of drug-likeness (QED) is 0.914. The normalized spacial score (nSPS) is 19.2. The first-order chi connectivity index (χ1) is 10.3. The maximum atomic E-state index is 5.56. The van der Waals surface area contributed by atoms with Gasteiger partial charge in [-0.2, -0.15) is 4.98 Å². The molecule has 4 heteroatoms. The average molecular weight is 285 g/mol. The Kier molecular flexibility index (Phi) is 4.34. The van der Waals surface area contributed by atoms with Gasteiger partial charge in [-0.05, 0) is 49.8 Å². The summed E-state index contributed by atoms with van der Waals surface area (Å²) in [7, 11) is 0. The van der Waals surface area contributed by atoms with E-state index in [4.69, 9.17) is 10.3 Å². The van der Waals surface area contributed by atoms with Crippen molar-refractivity contribution < 1.29 is 4.52 Å². The molecule has 4 nitrogen and oxygen atoms in total. The first-order valence-corrected chi connectivity index (χ1v) is 7.91. The number of nitrogens with two attached hydrogens (primary N) is 1. The highest BCUT2D eigenvalue weighted by Crippen LogP contribution is 2.35. The van der Waals surface area contributed by atoms with E-state index in [1.807, 2.05) is 0 Å². The van der Waals surface area contributed by atoms with Crippen LogP contribution >= 0.6 is 0 Å². The second kappa shape index (κ2) is 6.39. The Bertz CT molecular complexity index is 593. The van der Waals surface area contributed by atoms with E-state index >= 15 is 0 Å². The van der Waals surface area contributed by atoms with Crippen LogP contribution in [0.4, 0.5) is 0 Å². The largest absolute Gasteiger partial charge is 0.339 e. The predicted octanol–water partition coefficient (Wildman–Crippen LogP) is 3.38. The molecule has 1 aromatic heterocycles. The lowest BCUT2D eigenvalue weighted by atomic mass is 9.82. The number of aromatic nitrogens is 2. The highest BCUT2D eigenvalue weighted by atomic mass is 16.5. The van der Waals surface area contributed by atoms with E-state index in [-0.39, 0.29) is 11.8 Å². The van der Waals surface area contributed by atoms with Crippen molar-refractivity contribution in [1.29, 1.82) is 0 Å². The number of hydrogen-bond acceptors (Lipinski definition) is 4. The molecule has 0 aliphatic heterocycles. The molecule has 1 heterocycles. The van der Waals surface area contributed by atoms with Gasteiger partial charge in [0.05, 0.1) is 0 Å². The summed E-state index contributed by atoms with van der Waals surface area (Å²) in [6.07, 6.45) is 5.44. The molecule has 2 N–H and O–H groups in total. The van der Waals surface area contributed by atoms with Gasteiger partial charge in [-0.1, -0.05) is 36.3 Å². The van der Waals surface area contributed by atoms with E-state index in [0.29, 0.717) is 6.54 Å². The van der Waals surface area contributed by atoms with Crippen LogP contribution in [0.2, 0.25) is 0 Å². The lowest BCUT2D eigenvalue weighted by molar-refractivity contribution is 0.346. The molecular formula is C17H23N3O. The number of fused-ring (bicyclic) bond motifs is 1. The van der Waals surface area contributed by atoms with Crippen LogP contribution in [0.15, 0.2) is 28.8 Å². The minimum atomic E-state index is 0.286. The van der Waals surface area contributed by atoms with E-state index < -0.39 is 0 Å². The number of hydrogen-bond donors (Lipinski definition) is 1. The fourth-order valence-corrected chi connectivity index (χ4v) is 3.16. The molecule has 1 aliphatic rings. The Hall–Kier alpha value is -1.68. The van der Waals surface area contributed by atoms with Gasteiger partial charge in [-0.3, -0.25) is 0 Å². The number of rotatable bonds is 5. The summed E-state index contributed by atoms with van der Waals surface area (Å²) in [5.74, 6) is 2.17. The summed E-state index contributed by atoms with van der Waals surface area (Å²) in [5.41, 5.74) is 8.36. The zero-order valence-electron chi connectivity index (χ0n) is 12.6. The molecule has 2 unspecified atom stereocenters. The van der Waals surface area contributed by atoms with Gasteiger partial charge in [0, 0.05) is 11.8 Å². The van der Waals surface area contributed by atoms with Gasteiger partial charge >= 0.3 is 0 Å². The van der Waals surface area contributed by atoms with Crippen molar-refractivity contribution in [3.8, 4) is 0 Å². The second-order valence-corrected chi connectivity index (χ2v) is 5.97. The predicted molar refractivity (Wildman–Crippen MR) is 82.2 cm³/mol. The Morgan fingerprint density at radius 3 is 3.10 bits per heavy atom. The molecule has 0 spiro atoms. The van der Waals surface area contributed by atoms with Crippen LogP contribution in [-0.4, -0.2) is 16.7 Å². The Morgan fingerprint density at radius 1 is 1.38 bits per heavy atom. The van der Waals surface area contributed by atoms with Gasteiger partial charge < -0.3 is 10.3 Å². The molecule has 0 fully saturated rings. The lowest BCUT2D eigenvalue weighted by Gasteiger charge is -2.22. The molecule has 2 atom stereocenters. The molecule has 112 valence electrons. The van der Waals surface area contributed by atoms with Gasteiger partial charge in [-0.25, -0.2) is 0 Å². The standard InChI is InChI=1S/C17H23N3O/c1-12(6-5-11-18)17-19-16(20-21-17)15-10-4-8-13-7-2-3-9-14(13)15/h2-3,7,9,12,15H,4-6,8,10-11,18H2,1H3. The summed E-state index contributed by atoms with van der Waals surface area (Å²) in [5, 5.41) is 4.25. The Balaban J connectivity index is 1.81. The number of aryl methyl sites for hydroxylation is 1. The summed E-state index contributed by atoms with van der Waals surface area (Å²) in [6.45, 7) is 2.84. The zero-order chi connectivity index (χ0) is 14.7. The highest BCUT2D eigenvalue weighted by Gasteiger charge is 2.26. The zero-order valence-corrected chi connectivity index (χ0v) is 12.6. The van der Waals surface area contributed by atoms with Crippen LogP contribution in [0.25, 0.3) is 0 Å². The summed E-state index contributed by atoms with van der Waals surface area (Å²) in [6, 6.07) is 8.62. The molecule has 0 radical (unpaired) electrons. The first kappa shape index (κ1) is 14.3. The molecule has 1 aliphatic carbocycles. The fourth-order valence-electron chi connectivity index (χ4n) is 3.16. The first-order valence-electron chi connectivity index (χ1n) is 7.91. The average Bonchev–Trinajstić information content (AvgIpc) is 3.02. The summed E-state index contributed by atoms with van der Waals surface area (Å²) < 4.78 is 5.49. The van der Waals surface area contributed by atoms with Crippen LogP contribution in [0.1, 0.15) is 67.3 Å². The molecule has 21 heavy (non-hydrogen) atoms. The van der Waals surface area contributed by atoms with Crippen LogP contribution in [-0.2, 0) is 6.42 Å². The molecule has 2 aromatic rings. The molecule has 1 aromatic carbocycles. The summed E-state index contributed by atoms with van der Waals surface area (Å²) >= 11 is 0. The van der Waals surface area contributed by atoms with E-state index in [9.17, 15) is 0 Å². The van der Waals surface area contributed by atoms with Gasteiger partial charge in [-0.15, -0.1) is 0 Å². The van der Waals surface area contributed by atoms with Crippen molar-refractivity contribution in [3.63, 3.8) is 0 Å². The topological polar surface area (TPSA) is 64.9 Å². The van der Waals surface area contributed by atoms with Crippen molar-refractivity contribution in [2.24, 2.45) is 5.73 Å². The third-order valence-electron chi connectivity index (χ3n) is 4.40. The van der Waals surface area contributed by atoms with Crippen molar-refractivity contribution in [2.45, 2.75) is 50.9 Å². The van der Waals surface area contributed by atoms with E-state index in [1.165, 1.54) is 17.5 Å². The molecule has 0 saturated heterocycles. The van der Waals surface area contributed by atoms with E-state index in [2.05, 4.69) is 41.3 Å². The van der Waals surface area contributed by atoms with Gasteiger partial charge in [0.1, 0.15) is 0 Å². The van der Waals surface area contributed by atoms with Gasteiger partial charge in [0.2, 0.25) is 5.89 Å². The molecule has 0 amide bonds. The lowest BCUT2D eigenvalue weighted by Crippen LogP contribution is -2.12. The minimum Gasteiger partial charge on any atom is -0.339 e. The Labute approximate surface area is 125 Å². The maximum absolute atomic E-state index is 5.56. The van der Waals surface area contributed by atoms with E-state index in [1.54, 1.807) is 0 Å². The molecule has 3 rings (SSSR count). The van der Waals surface area contributed by atoms with Gasteiger partial charge in [0.15, 0.2) is 5.82 Å². The minimum absolute atomic E-state index is 0.286. The maximum Gasteiger partial charge on any atom is 0.229 e. The molecule has 0 saturated carbocycles. The third kappa shape index (κ3) is 3.00.